The van der Waals surface area contributed by atoms with Crippen LogP contribution in [0.2, 0.25) is 5.02 Å². The van der Waals surface area contributed by atoms with Gasteiger partial charge in [-0.05, 0) is 62.8 Å². The van der Waals surface area contributed by atoms with Crippen molar-refractivity contribution in [2.75, 3.05) is 11.9 Å². The quantitative estimate of drug-likeness (QED) is 0.816. The molecule has 0 spiro atoms. The maximum atomic E-state index is 6.14. The fraction of sp³-hybridized carbons (Fsp3) is 0.526. The third kappa shape index (κ3) is 2.76. The van der Waals surface area contributed by atoms with Crippen LogP contribution in [0.4, 0.5) is 5.82 Å². The maximum Gasteiger partial charge on any atom is 0.133 e. The fourth-order valence-corrected chi connectivity index (χ4v) is 4.31. The molecule has 1 saturated carbocycles. The van der Waals surface area contributed by atoms with Gasteiger partial charge in [0.05, 0.1) is 11.4 Å². The van der Waals surface area contributed by atoms with Gasteiger partial charge in [-0.3, -0.25) is 0 Å². The summed E-state index contributed by atoms with van der Waals surface area (Å²) in [6.07, 6.45) is 8.93. The summed E-state index contributed by atoms with van der Waals surface area (Å²) in [5.41, 5.74) is 5.13. The minimum Gasteiger partial charge on any atom is -0.370 e. The lowest BCUT2D eigenvalue weighted by molar-refractivity contribution is 0.663. The molecule has 23 heavy (non-hydrogen) atoms. The van der Waals surface area contributed by atoms with Crippen LogP contribution in [0.5, 0.6) is 0 Å². The lowest BCUT2D eigenvalue weighted by atomic mass is 9.97. The van der Waals surface area contributed by atoms with Crippen molar-refractivity contribution in [3.05, 3.63) is 40.0 Å². The van der Waals surface area contributed by atoms with Crippen molar-refractivity contribution in [2.24, 2.45) is 0 Å². The molecule has 0 bridgehead atoms. The Labute approximate surface area is 143 Å². The molecule has 1 fully saturated rings. The van der Waals surface area contributed by atoms with E-state index >= 15 is 0 Å². The Morgan fingerprint density at radius 1 is 1.17 bits per heavy atom. The second kappa shape index (κ2) is 6.20. The Morgan fingerprint density at radius 3 is 2.78 bits per heavy atom. The van der Waals surface area contributed by atoms with Crippen molar-refractivity contribution in [3.63, 3.8) is 0 Å². The minimum atomic E-state index is 0.650. The Hall–Kier alpha value is -1.48. The van der Waals surface area contributed by atoms with Crippen molar-refractivity contribution in [3.8, 4) is 5.69 Å². The second-order valence-corrected chi connectivity index (χ2v) is 7.36. The molecule has 1 aliphatic heterocycles. The highest BCUT2D eigenvalue weighted by Gasteiger charge is 2.28. The van der Waals surface area contributed by atoms with Gasteiger partial charge in [-0.25, -0.2) is 4.68 Å². The van der Waals surface area contributed by atoms with Gasteiger partial charge in [0, 0.05) is 23.0 Å². The van der Waals surface area contributed by atoms with E-state index in [1.807, 2.05) is 12.1 Å². The zero-order chi connectivity index (χ0) is 15.8. The van der Waals surface area contributed by atoms with Crippen molar-refractivity contribution in [1.82, 2.24) is 9.78 Å². The zero-order valence-electron chi connectivity index (χ0n) is 13.7. The van der Waals surface area contributed by atoms with Crippen LogP contribution in [0.25, 0.3) is 5.69 Å². The lowest BCUT2D eigenvalue weighted by Gasteiger charge is -2.11. The first-order valence-electron chi connectivity index (χ1n) is 8.86. The molecule has 0 saturated heterocycles. The Kier molecular flexibility index (Phi) is 4.06. The normalized spacial score (nSPS) is 18.5. The number of benzene rings is 1. The van der Waals surface area contributed by atoms with Gasteiger partial charge >= 0.3 is 0 Å². The van der Waals surface area contributed by atoms with Crippen molar-refractivity contribution in [1.29, 1.82) is 0 Å². The highest BCUT2D eigenvalue weighted by Crippen LogP contribution is 2.39. The third-order valence-electron chi connectivity index (χ3n) is 5.29. The largest absolute Gasteiger partial charge is 0.370 e. The topological polar surface area (TPSA) is 29.9 Å². The van der Waals surface area contributed by atoms with E-state index in [9.17, 15) is 0 Å². The van der Waals surface area contributed by atoms with Crippen molar-refractivity contribution >= 4 is 17.4 Å². The summed E-state index contributed by atoms with van der Waals surface area (Å²) in [4.78, 5) is 0. The van der Waals surface area contributed by atoms with Crippen LogP contribution in [-0.4, -0.2) is 16.3 Å². The number of halogens is 1. The van der Waals surface area contributed by atoms with Crippen LogP contribution in [0, 0.1) is 6.92 Å². The van der Waals surface area contributed by atoms with Gasteiger partial charge in [0.1, 0.15) is 5.82 Å². The van der Waals surface area contributed by atoms with E-state index in [-0.39, 0.29) is 0 Å². The summed E-state index contributed by atoms with van der Waals surface area (Å²) < 4.78 is 2.14. The number of rotatable bonds is 2. The fourth-order valence-electron chi connectivity index (χ4n) is 4.09. The molecule has 0 unspecified atom stereocenters. The minimum absolute atomic E-state index is 0.650. The van der Waals surface area contributed by atoms with Crippen LogP contribution in [0.3, 0.4) is 0 Å². The van der Waals surface area contributed by atoms with Crippen LogP contribution in [-0.2, 0) is 6.42 Å². The molecule has 1 aromatic heterocycles. The van der Waals surface area contributed by atoms with E-state index in [1.165, 1.54) is 61.2 Å². The first-order chi connectivity index (χ1) is 11.2. The number of nitrogens with zero attached hydrogens (tertiary/aromatic N) is 2. The van der Waals surface area contributed by atoms with E-state index in [2.05, 4.69) is 23.0 Å². The second-order valence-electron chi connectivity index (χ2n) is 6.92. The highest BCUT2D eigenvalue weighted by molar-refractivity contribution is 6.30. The smallest absolute Gasteiger partial charge is 0.133 e. The zero-order valence-corrected chi connectivity index (χ0v) is 14.5. The number of aromatic nitrogens is 2. The molecule has 3 nitrogen and oxygen atoms in total. The molecule has 2 aliphatic rings. The highest BCUT2D eigenvalue weighted by atomic mass is 35.5. The monoisotopic (exact) mass is 329 g/mol. The lowest BCUT2D eigenvalue weighted by Crippen LogP contribution is -2.08. The Bertz CT molecular complexity index is 714. The SMILES string of the molecule is Cc1cc(Cl)ccc1-n1nc(C2CCCC2)c2c1NCCCC2. The van der Waals surface area contributed by atoms with Gasteiger partial charge in [-0.15, -0.1) is 0 Å². The summed E-state index contributed by atoms with van der Waals surface area (Å²) in [7, 11) is 0. The number of hydrogen-bond acceptors (Lipinski definition) is 2. The molecule has 0 amide bonds. The summed E-state index contributed by atoms with van der Waals surface area (Å²) in [5.74, 6) is 1.87. The standard InChI is InChI=1S/C19H24ClN3/c1-13-12-15(20)9-10-17(13)23-19-16(8-4-5-11-21-19)18(22-23)14-6-2-3-7-14/h9-10,12,14,21H,2-8,11H2,1H3. The number of nitrogens with one attached hydrogen (secondary N) is 1. The van der Waals surface area contributed by atoms with Gasteiger partial charge in [-0.1, -0.05) is 24.4 Å². The van der Waals surface area contributed by atoms with E-state index in [0.717, 1.165) is 23.7 Å². The number of hydrogen-bond donors (Lipinski definition) is 1. The molecular formula is C19H24ClN3. The average molecular weight is 330 g/mol. The van der Waals surface area contributed by atoms with Crippen LogP contribution in [0.1, 0.15) is 61.3 Å². The number of fused-ring (bicyclic) bond motifs is 1. The Morgan fingerprint density at radius 2 is 2.00 bits per heavy atom. The summed E-state index contributed by atoms with van der Waals surface area (Å²) in [5, 5.41) is 9.52. The molecule has 4 rings (SSSR count). The molecule has 1 aromatic carbocycles. The first-order valence-corrected chi connectivity index (χ1v) is 9.24. The molecule has 122 valence electrons. The predicted molar refractivity (Wildman–Crippen MR) is 95.9 cm³/mol. The molecular weight excluding hydrogens is 306 g/mol. The average Bonchev–Trinajstić information content (AvgIpc) is 3.10. The van der Waals surface area contributed by atoms with Crippen LogP contribution in [0.15, 0.2) is 18.2 Å². The van der Waals surface area contributed by atoms with Crippen LogP contribution >= 0.6 is 11.6 Å². The van der Waals surface area contributed by atoms with E-state index < -0.39 is 0 Å². The summed E-state index contributed by atoms with van der Waals surface area (Å²) in [6, 6.07) is 6.08. The van der Waals surface area contributed by atoms with Crippen molar-refractivity contribution < 1.29 is 0 Å². The van der Waals surface area contributed by atoms with E-state index in [4.69, 9.17) is 16.7 Å². The summed E-state index contributed by atoms with van der Waals surface area (Å²) in [6.45, 7) is 3.15. The molecule has 2 heterocycles. The number of aryl methyl sites for hydroxylation is 1. The van der Waals surface area contributed by atoms with Crippen molar-refractivity contribution in [2.45, 2.75) is 57.8 Å². The van der Waals surface area contributed by atoms with Gasteiger partial charge in [-0.2, -0.15) is 5.10 Å². The first kappa shape index (κ1) is 15.1. The maximum absolute atomic E-state index is 6.14. The molecule has 0 radical (unpaired) electrons. The van der Waals surface area contributed by atoms with E-state index in [0.29, 0.717) is 5.92 Å². The Balaban J connectivity index is 1.85. The number of anilines is 1. The molecule has 0 atom stereocenters. The van der Waals surface area contributed by atoms with Gasteiger partial charge in [0.2, 0.25) is 0 Å². The molecule has 1 aliphatic carbocycles. The van der Waals surface area contributed by atoms with E-state index in [1.54, 1.807) is 0 Å². The molecule has 1 N–H and O–H groups in total. The molecule has 2 aromatic rings. The predicted octanol–water partition coefficient (Wildman–Crippen LogP) is 5.24. The van der Waals surface area contributed by atoms with Gasteiger partial charge in [0.25, 0.3) is 0 Å². The van der Waals surface area contributed by atoms with Gasteiger partial charge in [0.15, 0.2) is 0 Å². The van der Waals surface area contributed by atoms with Crippen LogP contribution < -0.4 is 5.32 Å². The summed E-state index contributed by atoms with van der Waals surface area (Å²) >= 11 is 6.14. The third-order valence-corrected chi connectivity index (χ3v) is 5.52. The van der Waals surface area contributed by atoms with Gasteiger partial charge < -0.3 is 5.32 Å². The molecule has 4 heteroatoms.